The van der Waals surface area contributed by atoms with Crippen LogP contribution in [0.1, 0.15) is 44.5 Å². The number of halogens is 1. The number of benzene rings is 2. The maximum Gasteiger partial charge on any atom is 0.348 e. The smallest absolute Gasteiger partial charge is 0.348 e. The second-order valence-electron chi connectivity index (χ2n) is 10.3. The predicted molar refractivity (Wildman–Crippen MR) is 152 cm³/mol. The highest BCUT2D eigenvalue weighted by molar-refractivity contribution is 7.92. The Morgan fingerprint density at radius 1 is 1.18 bits per heavy atom. The standard InChI is InChI=1S/C26H32FN4O7PS/c1-7-38-39(34)20-13-16(30-40(6,35)36)9-11-18(20)28-24(29-39)21-22(32)23(26(2,3)4)31(25(21)33)14-15-8-10-17(27)19(12-15)37-5/h8-13,30,32-33H,7,14H2,1-6H3,(H,28,29,34). The highest BCUT2D eigenvalue weighted by Gasteiger charge is 2.39. The van der Waals surface area contributed by atoms with Gasteiger partial charge in [0, 0.05) is 11.1 Å². The zero-order chi connectivity index (χ0) is 29.6. The molecule has 1 aliphatic rings. The second kappa shape index (κ2) is 10.5. The van der Waals surface area contributed by atoms with Gasteiger partial charge in [0.2, 0.25) is 15.9 Å². The van der Waals surface area contributed by atoms with Gasteiger partial charge in [0.1, 0.15) is 5.56 Å². The molecule has 3 aromatic rings. The van der Waals surface area contributed by atoms with Crippen molar-refractivity contribution in [2.75, 3.05) is 30.0 Å². The summed E-state index contributed by atoms with van der Waals surface area (Å²) in [7, 11) is -6.24. The summed E-state index contributed by atoms with van der Waals surface area (Å²) in [4.78, 5) is 0. The molecule has 0 spiro atoms. The van der Waals surface area contributed by atoms with E-state index in [0.29, 0.717) is 16.9 Å². The topological polar surface area (TPSA) is 151 Å². The quantitative estimate of drug-likeness (QED) is 0.279. The second-order valence-corrected chi connectivity index (χ2v) is 14.0. The van der Waals surface area contributed by atoms with Gasteiger partial charge in [0.15, 0.2) is 23.2 Å². The highest BCUT2D eigenvalue weighted by atomic mass is 32.2. The van der Waals surface area contributed by atoms with Crippen LogP contribution >= 0.6 is 7.52 Å². The lowest BCUT2D eigenvalue weighted by Gasteiger charge is -2.25. The lowest BCUT2D eigenvalue weighted by molar-refractivity contribution is 0.341. The van der Waals surface area contributed by atoms with Crippen LogP contribution < -0.4 is 20.1 Å². The maximum absolute atomic E-state index is 14.0. The van der Waals surface area contributed by atoms with Gasteiger partial charge in [0.25, 0.3) is 0 Å². The zero-order valence-electron chi connectivity index (χ0n) is 22.9. The van der Waals surface area contributed by atoms with E-state index in [1.165, 1.54) is 42.0 Å². The molecule has 0 fully saturated rings. The summed E-state index contributed by atoms with van der Waals surface area (Å²) >= 11 is 0. The Morgan fingerprint density at radius 2 is 1.88 bits per heavy atom. The molecule has 11 nitrogen and oxygen atoms in total. The van der Waals surface area contributed by atoms with Crippen LogP contribution in [0.5, 0.6) is 17.4 Å². The van der Waals surface area contributed by atoms with Crippen molar-refractivity contribution in [2.24, 2.45) is 4.76 Å². The van der Waals surface area contributed by atoms with E-state index >= 15 is 0 Å². The summed E-state index contributed by atoms with van der Waals surface area (Å²) in [5.41, 5.74) is 0.652. The van der Waals surface area contributed by atoms with Crippen LogP contribution in [0.15, 0.2) is 41.2 Å². The van der Waals surface area contributed by atoms with E-state index in [1.54, 1.807) is 13.0 Å². The number of fused-ring (bicyclic) bond motifs is 1. The molecule has 1 unspecified atom stereocenters. The predicted octanol–water partition coefficient (Wildman–Crippen LogP) is 4.49. The number of anilines is 2. The molecule has 2 aromatic carbocycles. The fourth-order valence-electron chi connectivity index (χ4n) is 4.58. The van der Waals surface area contributed by atoms with Crippen molar-refractivity contribution in [1.82, 2.24) is 4.57 Å². The fourth-order valence-corrected chi connectivity index (χ4v) is 6.94. The molecular formula is C26H32FN4O7PS. The summed E-state index contributed by atoms with van der Waals surface area (Å²) in [5.74, 6) is -1.25. The van der Waals surface area contributed by atoms with Crippen LogP contribution in [0, 0.1) is 5.82 Å². The molecular weight excluding hydrogens is 562 g/mol. The van der Waals surface area contributed by atoms with Crippen molar-refractivity contribution in [1.29, 1.82) is 0 Å². The molecule has 4 rings (SSSR count). The van der Waals surface area contributed by atoms with Crippen LogP contribution in [0.25, 0.3) is 0 Å². The van der Waals surface area contributed by atoms with Gasteiger partial charge in [-0.25, -0.2) is 12.8 Å². The molecule has 1 aromatic heterocycles. The minimum atomic E-state index is -3.99. The summed E-state index contributed by atoms with van der Waals surface area (Å²) in [6, 6.07) is 8.63. The molecule has 216 valence electrons. The Bertz CT molecular complexity index is 1660. The van der Waals surface area contributed by atoms with E-state index in [1.807, 2.05) is 20.8 Å². The Labute approximate surface area is 232 Å². The van der Waals surface area contributed by atoms with E-state index < -0.39 is 28.8 Å². The number of methoxy groups -OCH3 is 1. The maximum atomic E-state index is 14.0. The molecule has 0 bridgehead atoms. The monoisotopic (exact) mass is 594 g/mol. The van der Waals surface area contributed by atoms with Gasteiger partial charge < -0.3 is 29.4 Å². The third-order valence-corrected chi connectivity index (χ3v) is 8.76. The molecule has 1 aliphatic heterocycles. The first-order valence-corrected chi connectivity index (χ1v) is 15.8. The van der Waals surface area contributed by atoms with Crippen molar-refractivity contribution in [3.63, 3.8) is 0 Å². The van der Waals surface area contributed by atoms with Crippen LogP contribution in [0.2, 0.25) is 0 Å². The average Bonchev–Trinajstić information content (AvgIpc) is 3.09. The molecule has 0 amide bonds. The SMILES string of the molecule is CCOP1(=O)N=C(c2c(O)c(C(C)(C)C)n(Cc3ccc(F)c(OC)c3)c2O)Nc2ccc(NS(C)(=O)=O)cc21. The normalized spacial score (nSPS) is 17.1. The lowest BCUT2D eigenvalue weighted by atomic mass is 9.91. The fraction of sp³-hybridized carbons (Fsp3) is 0.346. The number of sulfonamides is 1. The first-order chi connectivity index (χ1) is 18.6. The first kappa shape index (κ1) is 29.4. The van der Waals surface area contributed by atoms with Crippen LogP contribution in [-0.2, 0) is 31.1 Å². The number of aromatic hydroxyl groups is 2. The van der Waals surface area contributed by atoms with Crippen molar-refractivity contribution in [3.05, 3.63) is 59.0 Å². The molecule has 0 saturated carbocycles. The number of aromatic nitrogens is 1. The lowest BCUT2D eigenvalue weighted by Crippen LogP contribution is -2.26. The highest BCUT2D eigenvalue weighted by Crippen LogP contribution is 2.54. The summed E-state index contributed by atoms with van der Waals surface area (Å²) in [5, 5.41) is 26.0. The summed E-state index contributed by atoms with van der Waals surface area (Å²) in [6.45, 7) is 7.25. The van der Waals surface area contributed by atoms with E-state index in [-0.39, 0.29) is 52.9 Å². The van der Waals surface area contributed by atoms with E-state index in [9.17, 15) is 27.6 Å². The Balaban J connectivity index is 1.87. The van der Waals surface area contributed by atoms with Gasteiger partial charge in [-0.2, -0.15) is 4.76 Å². The summed E-state index contributed by atoms with van der Waals surface area (Å²) in [6.07, 6.45) is 0.994. The molecule has 0 saturated heterocycles. The first-order valence-electron chi connectivity index (χ1n) is 12.3. The van der Waals surface area contributed by atoms with Crippen LogP contribution in [0.4, 0.5) is 15.8 Å². The molecule has 1 atom stereocenters. The average molecular weight is 595 g/mol. The van der Waals surface area contributed by atoms with Gasteiger partial charge >= 0.3 is 7.52 Å². The number of rotatable bonds is 8. The molecule has 14 heteroatoms. The minimum absolute atomic E-state index is 0.0237. The van der Waals surface area contributed by atoms with Crippen molar-refractivity contribution in [3.8, 4) is 17.4 Å². The van der Waals surface area contributed by atoms with Crippen molar-refractivity contribution in [2.45, 2.75) is 39.7 Å². The van der Waals surface area contributed by atoms with Crippen molar-refractivity contribution < 1.29 is 36.8 Å². The summed E-state index contributed by atoms with van der Waals surface area (Å²) < 4.78 is 70.3. The Morgan fingerprint density at radius 3 is 2.48 bits per heavy atom. The molecule has 2 heterocycles. The number of hydrogen-bond donors (Lipinski definition) is 4. The Kier molecular flexibility index (Phi) is 7.70. The molecule has 4 N–H and O–H groups in total. The number of hydrogen-bond acceptors (Lipinski definition) is 8. The molecule has 0 aliphatic carbocycles. The number of ether oxygens (including phenoxy) is 1. The molecule has 40 heavy (non-hydrogen) atoms. The largest absolute Gasteiger partial charge is 0.505 e. The minimum Gasteiger partial charge on any atom is -0.505 e. The van der Waals surface area contributed by atoms with Crippen molar-refractivity contribution >= 4 is 40.1 Å². The van der Waals surface area contributed by atoms with Gasteiger partial charge in [-0.15, -0.1) is 0 Å². The third kappa shape index (κ3) is 5.67. The van der Waals surface area contributed by atoms with E-state index in [0.717, 1.165) is 6.26 Å². The van der Waals surface area contributed by atoms with Gasteiger partial charge in [-0.1, -0.05) is 26.8 Å². The van der Waals surface area contributed by atoms with Crippen LogP contribution in [-0.4, -0.2) is 49.0 Å². The van der Waals surface area contributed by atoms with Gasteiger partial charge in [-0.3, -0.25) is 9.29 Å². The van der Waals surface area contributed by atoms with Crippen LogP contribution in [0.3, 0.4) is 0 Å². The van der Waals surface area contributed by atoms with E-state index in [4.69, 9.17) is 9.26 Å². The Hall–Kier alpha value is -3.54. The number of nitrogens with zero attached hydrogens (tertiary/aromatic N) is 2. The number of nitrogens with one attached hydrogen (secondary N) is 2. The van der Waals surface area contributed by atoms with Gasteiger partial charge in [0.05, 0.1) is 43.2 Å². The third-order valence-electron chi connectivity index (χ3n) is 6.11. The molecule has 0 radical (unpaired) electrons. The van der Waals surface area contributed by atoms with E-state index in [2.05, 4.69) is 14.8 Å². The number of amidine groups is 1. The zero-order valence-corrected chi connectivity index (χ0v) is 24.7. The van der Waals surface area contributed by atoms with Gasteiger partial charge in [-0.05, 0) is 42.8 Å².